The van der Waals surface area contributed by atoms with Crippen molar-refractivity contribution < 1.29 is 9.59 Å². The third-order valence-corrected chi connectivity index (χ3v) is 3.29. The number of carbonyl (C=O) groups is 2. The molecule has 0 saturated heterocycles. The van der Waals surface area contributed by atoms with Gasteiger partial charge in [0, 0.05) is 22.8 Å². The van der Waals surface area contributed by atoms with E-state index in [0.717, 1.165) is 5.56 Å². The molecule has 0 bridgehead atoms. The summed E-state index contributed by atoms with van der Waals surface area (Å²) >= 11 is 6.01. The Morgan fingerprint density at radius 1 is 1.10 bits per heavy atom. The van der Waals surface area contributed by atoms with Gasteiger partial charge in [0.05, 0.1) is 0 Å². The number of carbonyl (C=O) groups excluding carboxylic acids is 2. The van der Waals surface area contributed by atoms with Crippen LogP contribution in [0.25, 0.3) is 0 Å². The highest BCUT2D eigenvalue weighted by atomic mass is 35.5. The average molecular weight is 303 g/mol. The van der Waals surface area contributed by atoms with Crippen LogP contribution in [0.5, 0.6) is 0 Å². The van der Waals surface area contributed by atoms with Gasteiger partial charge in [0.15, 0.2) is 5.78 Å². The van der Waals surface area contributed by atoms with Crippen molar-refractivity contribution in [2.45, 2.75) is 13.5 Å². The van der Waals surface area contributed by atoms with E-state index in [2.05, 4.69) is 10.6 Å². The number of hydrogen-bond donors (Lipinski definition) is 2. The lowest BCUT2D eigenvalue weighted by Crippen LogP contribution is -2.28. The molecular formula is C16H15ClN2O2. The van der Waals surface area contributed by atoms with Crippen molar-refractivity contribution >= 4 is 29.1 Å². The minimum absolute atomic E-state index is 0.0462. The van der Waals surface area contributed by atoms with Crippen LogP contribution in [0, 0.1) is 0 Å². The standard InChI is InChI=1S/C16H15ClN2O2/c1-11(20)12-6-4-7-14(9-12)19-16(21)18-10-13-5-2-3-8-15(13)17/h2-9H,10H2,1H3,(H2,18,19,21). The fourth-order valence-electron chi connectivity index (χ4n) is 1.81. The molecule has 2 aromatic rings. The van der Waals surface area contributed by atoms with E-state index < -0.39 is 0 Å². The summed E-state index contributed by atoms with van der Waals surface area (Å²) in [5.41, 5.74) is 1.96. The first-order valence-electron chi connectivity index (χ1n) is 6.45. The normalized spacial score (nSPS) is 10.0. The Morgan fingerprint density at radius 3 is 2.57 bits per heavy atom. The molecule has 21 heavy (non-hydrogen) atoms. The average Bonchev–Trinajstić information content (AvgIpc) is 2.46. The number of amides is 2. The zero-order valence-electron chi connectivity index (χ0n) is 11.5. The number of anilines is 1. The number of benzene rings is 2. The molecule has 2 amide bonds. The minimum Gasteiger partial charge on any atom is -0.334 e. The number of ketones is 1. The van der Waals surface area contributed by atoms with Crippen LogP contribution >= 0.6 is 11.6 Å². The Morgan fingerprint density at radius 2 is 1.86 bits per heavy atom. The van der Waals surface area contributed by atoms with Crippen LogP contribution in [0.15, 0.2) is 48.5 Å². The molecule has 108 valence electrons. The van der Waals surface area contributed by atoms with Crippen LogP contribution in [0.4, 0.5) is 10.5 Å². The molecule has 5 heteroatoms. The first kappa shape index (κ1) is 15.1. The fourth-order valence-corrected chi connectivity index (χ4v) is 2.01. The van der Waals surface area contributed by atoms with Gasteiger partial charge in [0.1, 0.15) is 0 Å². The zero-order chi connectivity index (χ0) is 15.2. The molecule has 4 nitrogen and oxygen atoms in total. The Bertz CT molecular complexity index is 671. The van der Waals surface area contributed by atoms with Crippen molar-refractivity contribution in [3.8, 4) is 0 Å². The van der Waals surface area contributed by atoms with E-state index in [9.17, 15) is 9.59 Å². The molecule has 0 radical (unpaired) electrons. The lowest BCUT2D eigenvalue weighted by molar-refractivity contribution is 0.101. The highest BCUT2D eigenvalue weighted by molar-refractivity contribution is 6.31. The van der Waals surface area contributed by atoms with Gasteiger partial charge in [-0.15, -0.1) is 0 Å². The smallest absolute Gasteiger partial charge is 0.319 e. The summed E-state index contributed by atoms with van der Waals surface area (Å²) in [6.07, 6.45) is 0. The predicted octanol–water partition coefficient (Wildman–Crippen LogP) is 3.86. The highest BCUT2D eigenvalue weighted by Gasteiger charge is 2.05. The fraction of sp³-hybridized carbons (Fsp3) is 0.125. The second-order valence-electron chi connectivity index (χ2n) is 4.54. The molecule has 0 aromatic heterocycles. The van der Waals surface area contributed by atoms with Gasteiger partial charge < -0.3 is 10.6 Å². The van der Waals surface area contributed by atoms with E-state index in [1.165, 1.54) is 6.92 Å². The van der Waals surface area contributed by atoms with E-state index in [4.69, 9.17) is 11.6 Å². The van der Waals surface area contributed by atoms with E-state index >= 15 is 0 Å². The van der Waals surface area contributed by atoms with Crippen molar-refractivity contribution in [2.75, 3.05) is 5.32 Å². The summed E-state index contributed by atoms with van der Waals surface area (Å²) in [6, 6.07) is 13.7. The van der Waals surface area contributed by atoms with E-state index in [1.807, 2.05) is 18.2 Å². The summed E-state index contributed by atoms with van der Waals surface area (Å²) in [6.45, 7) is 1.81. The number of Topliss-reactive ketones (excluding diaryl/α,β-unsaturated/α-hetero) is 1. The van der Waals surface area contributed by atoms with Crippen molar-refractivity contribution in [3.05, 3.63) is 64.7 Å². The number of nitrogens with one attached hydrogen (secondary N) is 2. The maximum absolute atomic E-state index is 11.8. The van der Waals surface area contributed by atoms with Crippen LogP contribution in [0.3, 0.4) is 0 Å². The molecule has 0 atom stereocenters. The van der Waals surface area contributed by atoms with Crippen molar-refractivity contribution in [2.24, 2.45) is 0 Å². The van der Waals surface area contributed by atoms with Gasteiger partial charge in [-0.1, -0.05) is 41.9 Å². The van der Waals surface area contributed by atoms with Crippen molar-refractivity contribution in [1.29, 1.82) is 0 Å². The van der Waals surface area contributed by atoms with E-state index in [0.29, 0.717) is 22.8 Å². The number of urea groups is 1. The van der Waals surface area contributed by atoms with Crippen LogP contribution in [0.2, 0.25) is 5.02 Å². The number of rotatable bonds is 4. The quantitative estimate of drug-likeness (QED) is 0.842. The number of hydrogen-bond acceptors (Lipinski definition) is 2. The largest absolute Gasteiger partial charge is 0.334 e. The monoisotopic (exact) mass is 302 g/mol. The molecule has 0 fully saturated rings. The Labute approximate surface area is 128 Å². The van der Waals surface area contributed by atoms with E-state index in [-0.39, 0.29) is 11.8 Å². The van der Waals surface area contributed by atoms with Crippen LogP contribution < -0.4 is 10.6 Å². The molecule has 0 aliphatic heterocycles. The van der Waals surface area contributed by atoms with Gasteiger partial charge >= 0.3 is 6.03 Å². The molecule has 2 N–H and O–H groups in total. The summed E-state index contributed by atoms with van der Waals surface area (Å²) in [4.78, 5) is 23.1. The molecule has 0 heterocycles. The lowest BCUT2D eigenvalue weighted by atomic mass is 10.1. The van der Waals surface area contributed by atoms with Gasteiger partial charge in [0.2, 0.25) is 0 Å². The lowest BCUT2D eigenvalue weighted by Gasteiger charge is -2.09. The molecule has 0 aliphatic carbocycles. The van der Waals surface area contributed by atoms with Gasteiger partial charge in [-0.3, -0.25) is 4.79 Å². The maximum Gasteiger partial charge on any atom is 0.319 e. The summed E-state index contributed by atoms with van der Waals surface area (Å²) in [5, 5.41) is 6.01. The predicted molar refractivity (Wildman–Crippen MR) is 83.8 cm³/mol. The second-order valence-corrected chi connectivity index (χ2v) is 4.94. The topological polar surface area (TPSA) is 58.2 Å². The van der Waals surface area contributed by atoms with Crippen LogP contribution in [-0.2, 0) is 6.54 Å². The molecular weight excluding hydrogens is 288 g/mol. The highest BCUT2D eigenvalue weighted by Crippen LogP contribution is 2.15. The molecule has 0 unspecified atom stereocenters. The Kier molecular flexibility index (Phi) is 4.95. The van der Waals surface area contributed by atoms with Crippen molar-refractivity contribution in [1.82, 2.24) is 5.32 Å². The molecule has 2 rings (SSSR count). The summed E-state index contributed by atoms with van der Waals surface area (Å²) in [5.74, 6) is -0.0462. The first-order valence-corrected chi connectivity index (χ1v) is 6.83. The Balaban J connectivity index is 1.95. The van der Waals surface area contributed by atoms with Crippen LogP contribution in [-0.4, -0.2) is 11.8 Å². The maximum atomic E-state index is 11.8. The van der Waals surface area contributed by atoms with Crippen LogP contribution in [0.1, 0.15) is 22.8 Å². The van der Waals surface area contributed by atoms with Gasteiger partial charge in [-0.25, -0.2) is 4.79 Å². The molecule has 0 spiro atoms. The first-order chi connectivity index (χ1) is 10.1. The van der Waals surface area contributed by atoms with Crippen molar-refractivity contribution in [3.63, 3.8) is 0 Å². The number of halogens is 1. The zero-order valence-corrected chi connectivity index (χ0v) is 12.3. The minimum atomic E-state index is -0.351. The summed E-state index contributed by atoms with van der Waals surface area (Å²) in [7, 11) is 0. The Hall–Kier alpha value is -2.33. The second kappa shape index (κ2) is 6.90. The molecule has 0 saturated carbocycles. The summed E-state index contributed by atoms with van der Waals surface area (Å²) < 4.78 is 0. The van der Waals surface area contributed by atoms with Gasteiger partial charge in [0.25, 0.3) is 0 Å². The van der Waals surface area contributed by atoms with E-state index in [1.54, 1.807) is 30.3 Å². The van der Waals surface area contributed by atoms with Gasteiger partial charge in [-0.05, 0) is 30.7 Å². The molecule has 2 aromatic carbocycles. The SMILES string of the molecule is CC(=O)c1cccc(NC(=O)NCc2ccccc2Cl)c1. The third-order valence-electron chi connectivity index (χ3n) is 2.92. The van der Waals surface area contributed by atoms with Gasteiger partial charge in [-0.2, -0.15) is 0 Å². The molecule has 0 aliphatic rings. The third kappa shape index (κ3) is 4.33.